The number of hydrogen-bond acceptors (Lipinski definition) is 4. The van der Waals surface area contributed by atoms with Gasteiger partial charge in [-0.25, -0.2) is 4.18 Å². The highest BCUT2D eigenvalue weighted by atomic mass is 32.3. The van der Waals surface area contributed by atoms with Crippen molar-refractivity contribution in [2.75, 3.05) is 7.11 Å². The SMILES string of the molecule is COC(CC(C)C)OS(=O)(=O)O. The molecule has 0 aliphatic carbocycles. The van der Waals surface area contributed by atoms with Crippen LogP contribution in [0.5, 0.6) is 0 Å². The van der Waals surface area contributed by atoms with E-state index in [1.807, 2.05) is 13.8 Å². The minimum absolute atomic E-state index is 0.233. The third-order valence-electron chi connectivity index (χ3n) is 1.16. The highest BCUT2D eigenvalue weighted by Gasteiger charge is 2.17. The molecule has 0 heterocycles. The van der Waals surface area contributed by atoms with Crippen LogP contribution in [0, 0.1) is 5.92 Å². The zero-order chi connectivity index (χ0) is 9.78. The van der Waals surface area contributed by atoms with Gasteiger partial charge in [0, 0.05) is 13.5 Å². The molecular formula is C6H14O5S. The molecule has 0 bridgehead atoms. The van der Waals surface area contributed by atoms with Gasteiger partial charge in [-0.3, -0.25) is 4.55 Å². The Bertz CT molecular complexity index is 208. The van der Waals surface area contributed by atoms with E-state index >= 15 is 0 Å². The Kier molecular flexibility index (Phi) is 4.69. The number of ether oxygens (including phenoxy) is 1. The topological polar surface area (TPSA) is 72.8 Å². The highest BCUT2D eigenvalue weighted by molar-refractivity contribution is 7.80. The Morgan fingerprint density at radius 1 is 1.42 bits per heavy atom. The molecule has 0 rings (SSSR count). The van der Waals surface area contributed by atoms with Crippen molar-refractivity contribution in [2.45, 2.75) is 26.6 Å². The predicted molar refractivity (Wildman–Crippen MR) is 42.9 cm³/mol. The van der Waals surface area contributed by atoms with Gasteiger partial charge in [-0.2, -0.15) is 8.42 Å². The van der Waals surface area contributed by atoms with Crippen LogP contribution in [0.1, 0.15) is 20.3 Å². The third-order valence-corrected chi connectivity index (χ3v) is 1.61. The molecule has 0 aliphatic rings. The van der Waals surface area contributed by atoms with E-state index in [1.165, 1.54) is 7.11 Å². The fraction of sp³-hybridized carbons (Fsp3) is 1.00. The van der Waals surface area contributed by atoms with E-state index < -0.39 is 16.7 Å². The first-order valence-electron chi connectivity index (χ1n) is 3.53. The Morgan fingerprint density at radius 3 is 2.17 bits per heavy atom. The molecule has 0 aromatic heterocycles. The van der Waals surface area contributed by atoms with Crippen molar-refractivity contribution in [1.29, 1.82) is 0 Å². The van der Waals surface area contributed by atoms with Gasteiger partial charge in [0.2, 0.25) is 0 Å². The standard InChI is InChI=1S/C6H14O5S/c1-5(2)4-6(10-3)11-12(7,8)9/h5-6H,4H2,1-3H3,(H,7,8,9). The first kappa shape index (κ1) is 11.8. The van der Waals surface area contributed by atoms with Crippen LogP contribution < -0.4 is 0 Å². The van der Waals surface area contributed by atoms with E-state index in [2.05, 4.69) is 8.92 Å². The molecule has 12 heavy (non-hydrogen) atoms. The summed E-state index contributed by atoms with van der Waals surface area (Å²) >= 11 is 0. The average molecular weight is 198 g/mol. The van der Waals surface area contributed by atoms with Crippen LogP contribution in [0.25, 0.3) is 0 Å². The van der Waals surface area contributed by atoms with Crippen LogP contribution in [-0.4, -0.2) is 26.4 Å². The average Bonchev–Trinajstić information content (AvgIpc) is 1.82. The quantitative estimate of drug-likeness (QED) is 0.523. The molecule has 0 aromatic carbocycles. The van der Waals surface area contributed by atoms with Crippen LogP contribution in [0.3, 0.4) is 0 Å². The molecule has 1 unspecified atom stereocenters. The summed E-state index contributed by atoms with van der Waals surface area (Å²) in [6.07, 6.45) is -0.490. The molecule has 0 spiro atoms. The lowest BCUT2D eigenvalue weighted by Crippen LogP contribution is -2.21. The van der Waals surface area contributed by atoms with Crippen molar-refractivity contribution >= 4 is 10.4 Å². The second-order valence-corrected chi connectivity index (χ2v) is 3.87. The van der Waals surface area contributed by atoms with Gasteiger partial charge in [-0.1, -0.05) is 13.8 Å². The minimum atomic E-state index is -4.41. The first-order chi connectivity index (χ1) is 5.35. The monoisotopic (exact) mass is 198 g/mol. The minimum Gasteiger partial charge on any atom is -0.355 e. The molecule has 6 heteroatoms. The molecular weight excluding hydrogens is 184 g/mol. The lowest BCUT2D eigenvalue weighted by molar-refractivity contribution is -0.0665. The molecule has 0 saturated carbocycles. The van der Waals surface area contributed by atoms with Crippen molar-refractivity contribution in [3.8, 4) is 0 Å². The van der Waals surface area contributed by atoms with Gasteiger partial charge in [0.15, 0.2) is 6.29 Å². The molecule has 0 fully saturated rings. The van der Waals surface area contributed by atoms with Crippen LogP contribution in [0.15, 0.2) is 0 Å². The fourth-order valence-corrected chi connectivity index (χ4v) is 1.12. The summed E-state index contributed by atoms with van der Waals surface area (Å²) in [6, 6.07) is 0. The zero-order valence-corrected chi connectivity index (χ0v) is 8.17. The van der Waals surface area contributed by atoms with Gasteiger partial charge in [0.25, 0.3) is 0 Å². The van der Waals surface area contributed by atoms with Crippen molar-refractivity contribution < 1.29 is 21.9 Å². The van der Waals surface area contributed by atoms with Gasteiger partial charge < -0.3 is 4.74 Å². The van der Waals surface area contributed by atoms with Crippen molar-refractivity contribution in [3.63, 3.8) is 0 Å². The fourth-order valence-electron chi connectivity index (χ4n) is 0.695. The summed E-state index contributed by atoms with van der Waals surface area (Å²) in [5.74, 6) is 0.233. The van der Waals surface area contributed by atoms with Crippen LogP contribution in [-0.2, 0) is 19.3 Å². The van der Waals surface area contributed by atoms with Gasteiger partial charge in [-0.15, -0.1) is 0 Å². The molecule has 5 nitrogen and oxygen atoms in total. The largest absolute Gasteiger partial charge is 0.399 e. The van der Waals surface area contributed by atoms with Crippen LogP contribution >= 0.6 is 0 Å². The normalized spacial score (nSPS) is 15.1. The van der Waals surface area contributed by atoms with Gasteiger partial charge in [-0.05, 0) is 5.92 Å². The maximum Gasteiger partial charge on any atom is 0.399 e. The third kappa shape index (κ3) is 6.53. The van der Waals surface area contributed by atoms with E-state index in [1.54, 1.807) is 0 Å². The van der Waals surface area contributed by atoms with Crippen molar-refractivity contribution in [1.82, 2.24) is 0 Å². The lowest BCUT2D eigenvalue weighted by atomic mass is 10.1. The Hall–Kier alpha value is -0.170. The number of hydrogen-bond donors (Lipinski definition) is 1. The predicted octanol–water partition coefficient (Wildman–Crippen LogP) is 0.824. The summed E-state index contributed by atoms with van der Waals surface area (Å²) in [7, 11) is -3.09. The maximum absolute atomic E-state index is 10.2. The van der Waals surface area contributed by atoms with E-state index in [0.717, 1.165) is 0 Å². The molecule has 1 atom stereocenters. The van der Waals surface area contributed by atoms with E-state index in [-0.39, 0.29) is 5.92 Å². The lowest BCUT2D eigenvalue weighted by Gasteiger charge is -2.14. The summed E-state index contributed by atoms with van der Waals surface area (Å²) in [5, 5.41) is 0. The maximum atomic E-state index is 10.2. The smallest absolute Gasteiger partial charge is 0.355 e. The Morgan fingerprint density at radius 2 is 1.92 bits per heavy atom. The summed E-state index contributed by atoms with van der Waals surface area (Å²) in [5.41, 5.74) is 0. The molecule has 0 amide bonds. The Balaban J connectivity index is 4.01. The summed E-state index contributed by atoms with van der Waals surface area (Å²) in [4.78, 5) is 0. The number of rotatable bonds is 5. The van der Waals surface area contributed by atoms with E-state index in [4.69, 9.17) is 4.55 Å². The van der Waals surface area contributed by atoms with Gasteiger partial charge in [0.1, 0.15) is 0 Å². The highest BCUT2D eigenvalue weighted by Crippen LogP contribution is 2.10. The van der Waals surface area contributed by atoms with Gasteiger partial charge >= 0.3 is 10.4 Å². The molecule has 74 valence electrons. The molecule has 0 aliphatic heterocycles. The molecule has 0 radical (unpaired) electrons. The van der Waals surface area contributed by atoms with Crippen molar-refractivity contribution in [2.24, 2.45) is 5.92 Å². The molecule has 0 saturated heterocycles. The van der Waals surface area contributed by atoms with Crippen LogP contribution in [0.2, 0.25) is 0 Å². The van der Waals surface area contributed by atoms with Gasteiger partial charge in [0.05, 0.1) is 0 Å². The summed E-state index contributed by atoms with van der Waals surface area (Å²) < 4.78 is 37.7. The molecule has 1 N–H and O–H groups in total. The number of methoxy groups -OCH3 is 1. The zero-order valence-electron chi connectivity index (χ0n) is 7.35. The van der Waals surface area contributed by atoms with E-state index in [9.17, 15) is 8.42 Å². The van der Waals surface area contributed by atoms with Crippen LogP contribution in [0.4, 0.5) is 0 Å². The summed E-state index contributed by atoms with van der Waals surface area (Å²) in [6.45, 7) is 3.78. The second-order valence-electron chi connectivity index (χ2n) is 2.82. The van der Waals surface area contributed by atoms with E-state index in [0.29, 0.717) is 6.42 Å². The molecule has 0 aromatic rings. The second kappa shape index (κ2) is 4.76. The Labute approximate surface area is 72.6 Å². The first-order valence-corrected chi connectivity index (χ1v) is 4.90. The van der Waals surface area contributed by atoms with Crippen molar-refractivity contribution in [3.05, 3.63) is 0 Å².